The molecule has 154 valence electrons. The van der Waals surface area contributed by atoms with Gasteiger partial charge >= 0.3 is 0 Å². The van der Waals surface area contributed by atoms with Gasteiger partial charge in [-0.1, -0.05) is 18.5 Å². The molecule has 5 nitrogen and oxygen atoms in total. The second-order valence-corrected chi connectivity index (χ2v) is 8.43. The average molecular weight is 490 g/mol. The Morgan fingerprint density at radius 3 is 2.73 bits per heavy atom. The predicted molar refractivity (Wildman–Crippen MR) is 121 cm³/mol. The fraction of sp³-hybridized carbons (Fsp3) is 0.273. The van der Waals surface area contributed by atoms with Crippen LogP contribution >= 0.6 is 27.5 Å². The monoisotopic (exact) mass is 488 g/mol. The Morgan fingerprint density at radius 1 is 1.17 bits per heavy atom. The van der Waals surface area contributed by atoms with Crippen LogP contribution in [0.5, 0.6) is 0 Å². The molecule has 8 heteroatoms. The van der Waals surface area contributed by atoms with Crippen LogP contribution in [0.1, 0.15) is 12.7 Å². The molecule has 0 atom stereocenters. The molecule has 1 aliphatic rings. The first-order valence-electron chi connectivity index (χ1n) is 9.85. The van der Waals surface area contributed by atoms with Crippen molar-refractivity contribution in [2.45, 2.75) is 13.3 Å². The van der Waals surface area contributed by atoms with Crippen LogP contribution in [-0.4, -0.2) is 40.8 Å². The number of nitrogens with zero attached hydrogens (tertiary/aromatic N) is 4. The van der Waals surface area contributed by atoms with Gasteiger partial charge in [0.2, 0.25) is 0 Å². The maximum atomic E-state index is 14.0. The first-order chi connectivity index (χ1) is 14.6. The zero-order chi connectivity index (χ0) is 20.8. The molecule has 2 aromatic heterocycles. The van der Waals surface area contributed by atoms with Gasteiger partial charge in [-0.3, -0.25) is 9.55 Å². The summed E-state index contributed by atoms with van der Waals surface area (Å²) in [5.74, 6) is 0.440. The van der Waals surface area contributed by atoms with Crippen molar-refractivity contribution in [2.24, 2.45) is 0 Å². The van der Waals surface area contributed by atoms with Crippen LogP contribution in [0, 0.1) is 5.82 Å². The van der Waals surface area contributed by atoms with Gasteiger partial charge in [0, 0.05) is 41.3 Å². The highest BCUT2D eigenvalue weighted by molar-refractivity contribution is 9.10. The molecule has 0 saturated carbocycles. The van der Waals surface area contributed by atoms with E-state index in [1.165, 1.54) is 6.07 Å². The molecule has 3 heterocycles. The second kappa shape index (κ2) is 7.80. The van der Waals surface area contributed by atoms with Crippen LogP contribution in [0.2, 0.25) is 5.02 Å². The van der Waals surface area contributed by atoms with Crippen LogP contribution in [0.4, 0.5) is 10.1 Å². The third kappa shape index (κ3) is 3.16. The van der Waals surface area contributed by atoms with E-state index < -0.39 is 5.82 Å². The molecule has 4 aromatic rings. The van der Waals surface area contributed by atoms with Crippen molar-refractivity contribution in [1.29, 1.82) is 0 Å². The Morgan fingerprint density at radius 2 is 1.97 bits per heavy atom. The molecular formula is C22H19BrClFN4O. The van der Waals surface area contributed by atoms with Gasteiger partial charge in [-0.2, -0.15) is 0 Å². The van der Waals surface area contributed by atoms with Gasteiger partial charge in [-0.05, 0) is 46.3 Å². The van der Waals surface area contributed by atoms with Crippen molar-refractivity contribution in [3.8, 4) is 5.69 Å². The molecule has 1 fully saturated rings. The number of benzene rings is 2. The highest BCUT2D eigenvalue weighted by atomic mass is 79.9. The molecule has 1 aliphatic heterocycles. The lowest BCUT2D eigenvalue weighted by molar-refractivity contribution is 0.122. The predicted octanol–water partition coefficient (Wildman–Crippen LogP) is 5.53. The van der Waals surface area contributed by atoms with E-state index in [4.69, 9.17) is 21.3 Å². The number of halogens is 3. The molecule has 0 N–H and O–H groups in total. The Balaban J connectivity index is 1.79. The van der Waals surface area contributed by atoms with E-state index in [1.807, 2.05) is 6.07 Å². The van der Waals surface area contributed by atoms with Crippen molar-refractivity contribution in [2.75, 3.05) is 31.2 Å². The third-order valence-electron chi connectivity index (χ3n) is 5.48. The topological polar surface area (TPSA) is 43.2 Å². The van der Waals surface area contributed by atoms with Gasteiger partial charge in [0.25, 0.3) is 0 Å². The summed E-state index contributed by atoms with van der Waals surface area (Å²) >= 11 is 9.93. The molecular weight excluding hydrogens is 471 g/mol. The van der Waals surface area contributed by atoms with E-state index in [2.05, 4.69) is 49.4 Å². The number of anilines is 1. The third-order valence-corrected chi connectivity index (χ3v) is 6.45. The van der Waals surface area contributed by atoms with E-state index in [0.29, 0.717) is 18.7 Å². The lowest BCUT2D eigenvalue weighted by Crippen LogP contribution is -2.36. The summed E-state index contributed by atoms with van der Waals surface area (Å²) in [4.78, 5) is 11.5. The summed E-state index contributed by atoms with van der Waals surface area (Å²) in [5, 5.41) is 0.817. The quantitative estimate of drug-likeness (QED) is 0.380. The van der Waals surface area contributed by atoms with Crippen molar-refractivity contribution in [1.82, 2.24) is 14.5 Å². The Kier molecular flexibility index (Phi) is 5.13. The molecule has 0 radical (unpaired) electrons. The largest absolute Gasteiger partial charge is 0.378 e. The van der Waals surface area contributed by atoms with Crippen LogP contribution in [0.15, 0.2) is 41.0 Å². The first-order valence-corrected chi connectivity index (χ1v) is 11.0. The summed E-state index contributed by atoms with van der Waals surface area (Å²) < 4.78 is 22.6. The number of aromatic nitrogens is 3. The van der Waals surface area contributed by atoms with Gasteiger partial charge in [-0.15, -0.1) is 0 Å². The van der Waals surface area contributed by atoms with Gasteiger partial charge in [0.05, 0.1) is 29.9 Å². The van der Waals surface area contributed by atoms with Crippen molar-refractivity contribution >= 4 is 55.2 Å². The zero-order valence-corrected chi connectivity index (χ0v) is 18.7. The Bertz CT molecular complexity index is 1270. The molecule has 30 heavy (non-hydrogen) atoms. The first kappa shape index (κ1) is 19.7. The fourth-order valence-corrected chi connectivity index (χ4v) is 4.76. The number of morpholine rings is 1. The number of pyridine rings is 1. The van der Waals surface area contributed by atoms with E-state index in [1.54, 1.807) is 12.3 Å². The molecule has 5 rings (SSSR count). The lowest BCUT2D eigenvalue weighted by atomic mass is 10.1. The van der Waals surface area contributed by atoms with Gasteiger partial charge in [0.1, 0.15) is 22.2 Å². The number of imidazole rings is 1. The van der Waals surface area contributed by atoms with E-state index in [-0.39, 0.29) is 5.02 Å². The molecule has 0 aliphatic carbocycles. The molecule has 2 aromatic carbocycles. The minimum Gasteiger partial charge on any atom is -0.378 e. The van der Waals surface area contributed by atoms with Crippen LogP contribution in [-0.2, 0) is 11.2 Å². The minimum absolute atomic E-state index is 0.0343. The van der Waals surface area contributed by atoms with Crippen LogP contribution < -0.4 is 4.90 Å². The molecule has 0 bridgehead atoms. The normalized spacial score (nSPS) is 14.7. The molecule has 0 amide bonds. The highest BCUT2D eigenvalue weighted by Crippen LogP contribution is 2.35. The van der Waals surface area contributed by atoms with Gasteiger partial charge in [-0.25, -0.2) is 9.37 Å². The summed E-state index contributed by atoms with van der Waals surface area (Å²) in [6, 6.07) is 9.31. The summed E-state index contributed by atoms with van der Waals surface area (Å²) in [5.41, 5.74) is 4.32. The zero-order valence-electron chi connectivity index (χ0n) is 16.3. The second-order valence-electron chi connectivity index (χ2n) is 7.20. The maximum absolute atomic E-state index is 14.0. The standard InChI is InChI=1S/C22H19BrClFN4O/c1-2-19-27-22-15(23)11-13(28-7-9-30-10-8-28)12-18(22)29(19)17-5-6-26-21-14(17)3-4-16(25)20(21)24/h3-6,11-12H,2,7-10H2,1H3. The van der Waals surface area contributed by atoms with Crippen molar-refractivity contribution in [3.63, 3.8) is 0 Å². The minimum atomic E-state index is -0.475. The van der Waals surface area contributed by atoms with Crippen LogP contribution in [0.25, 0.3) is 27.6 Å². The van der Waals surface area contributed by atoms with E-state index in [0.717, 1.165) is 57.6 Å². The molecule has 0 unspecified atom stereocenters. The Hall–Kier alpha value is -2.22. The summed E-state index contributed by atoms with van der Waals surface area (Å²) in [7, 11) is 0. The van der Waals surface area contributed by atoms with Crippen molar-refractivity contribution < 1.29 is 9.13 Å². The van der Waals surface area contributed by atoms with Gasteiger partial charge in [0.15, 0.2) is 0 Å². The number of rotatable bonds is 3. The number of ether oxygens (including phenoxy) is 1. The number of fused-ring (bicyclic) bond motifs is 2. The highest BCUT2D eigenvalue weighted by Gasteiger charge is 2.20. The van der Waals surface area contributed by atoms with E-state index in [9.17, 15) is 4.39 Å². The maximum Gasteiger partial charge on any atom is 0.144 e. The number of hydrogen-bond donors (Lipinski definition) is 0. The Labute approximate surface area is 186 Å². The van der Waals surface area contributed by atoms with Crippen LogP contribution in [0.3, 0.4) is 0 Å². The fourth-order valence-electron chi connectivity index (χ4n) is 4.02. The van der Waals surface area contributed by atoms with E-state index >= 15 is 0 Å². The number of aryl methyl sites for hydroxylation is 1. The summed E-state index contributed by atoms with van der Waals surface area (Å²) in [6.45, 7) is 5.20. The van der Waals surface area contributed by atoms with Crippen molar-refractivity contribution in [3.05, 3.63) is 57.7 Å². The SMILES string of the molecule is CCc1nc2c(Br)cc(N3CCOCC3)cc2n1-c1ccnc2c(Cl)c(F)ccc12. The smallest absolute Gasteiger partial charge is 0.144 e. The lowest BCUT2D eigenvalue weighted by Gasteiger charge is -2.29. The van der Waals surface area contributed by atoms with Gasteiger partial charge < -0.3 is 9.64 Å². The molecule has 1 saturated heterocycles. The summed E-state index contributed by atoms with van der Waals surface area (Å²) in [6.07, 6.45) is 2.40. The average Bonchev–Trinajstić information content (AvgIpc) is 3.15. The number of hydrogen-bond acceptors (Lipinski definition) is 4. The molecule has 0 spiro atoms.